The summed E-state index contributed by atoms with van der Waals surface area (Å²) >= 11 is 0. The SMILES string of the molecule is COC(=O)c1ccc(CN2C[C@@H](C)C(=O)Nc3ccccc32)o1. The zero-order valence-corrected chi connectivity index (χ0v) is 13.0. The number of carbonyl (C=O) groups excluding carboxylic acids is 2. The van der Waals surface area contributed by atoms with E-state index in [1.54, 1.807) is 12.1 Å². The van der Waals surface area contributed by atoms with Gasteiger partial charge in [0.1, 0.15) is 5.76 Å². The Kier molecular flexibility index (Phi) is 4.06. The van der Waals surface area contributed by atoms with Crippen molar-refractivity contribution in [2.24, 2.45) is 5.92 Å². The molecular formula is C17H18N2O4. The van der Waals surface area contributed by atoms with Crippen LogP contribution in [0.2, 0.25) is 0 Å². The molecule has 1 N–H and O–H groups in total. The number of hydrogen-bond donors (Lipinski definition) is 1. The van der Waals surface area contributed by atoms with Crippen molar-refractivity contribution in [2.75, 3.05) is 23.9 Å². The molecule has 3 rings (SSSR count). The van der Waals surface area contributed by atoms with Gasteiger partial charge in [0, 0.05) is 6.54 Å². The van der Waals surface area contributed by atoms with Crippen molar-refractivity contribution >= 4 is 23.3 Å². The molecule has 120 valence electrons. The lowest BCUT2D eigenvalue weighted by atomic mass is 10.1. The molecule has 2 heterocycles. The van der Waals surface area contributed by atoms with E-state index in [1.165, 1.54) is 7.11 Å². The van der Waals surface area contributed by atoms with Gasteiger partial charge in [-0.3, -0.25) is 4.79 Å². The van der Waals surface area contributed by atoms with Crippen molar-refractivity contribution in [3.05, 3.63) is 47.9 Å². The van der Waals surface area contributed by atoms with Gasteiger partial charge in [-0.2, -0.15) is 0 Å². The third-order valence-corrected chi connectivity index (χ3v) is 3.84. The first kappa shape index (κ1) is 15.1. The van der Waals surface area contributed by atoms with E-state index in [9.17, 15) is 9.59 Å². The van der Waals surface area contributed by atoms with Crippen LogP contribution in [0, 0.1) is 5.92 Å². The highest BCUT2D eigenvalue weighted by Gasteiger charge is 2.25. The van der Waals surface area contributed by atoms with Crippen molar-refractivity contribution in [2.45, 2.75) is 13.5 Å². The minimum absolute atomic E-state index is 0.00496. The molecule has 2 aromatic rings. The summed E-state index contributed by atoms with van der Waals surface area (Å²) in [7, 11) is 1.31. The predicted molar refractivity (Wildman–Crippen MR) is 85.3 cm³/mol. The van der Waals surface area contributed by atoms with Gasteiger partial charge < -0.3 is 19.4 Å². The molecule has 0 spiro atoms. The highest BCUT2D eigenvalue weighted by atomic mass is 16.5. The Morgan fingerprint density at radius 2 is 2.13 bits per heavy atom. The predicted octanol–water partition coefficient (Wildman–Crippen LogP) is 2.66. The Morgan fingerprint density at radius 3 is 2.91 bits per heavy atom. The number of esters is 1. The first-order valence-electron chi connectivity index (χ1n) is 7.40. The van der Waals surface area contributed by atoms with Crippen LogP contribution in [-0.4, -0.2) is 25.5 Å². The van der Waals surface area contributed by atoms with Crippen LogP contribution < -0.4 is 10.2 Å². The largest absolute Gasteiger partial charge is 0.463 e. The lowest BCUT2D eigenvalue weighted by Crippen LogP contribution is -2.30. The second-order valence-corrected chi connectivity index (χ2v) is 5.55. The van der Waals surface area contributed by atoms with Crippen molar-refractivity contribution in [1.82, 2.24) is 0 Å². The lowest BCUT2D eigenvalue weighted by molar-refractivity contribution is -0.119. The van der Waals surface area contributed by atoms with Gasteiger partial charge >= 0.3 is 5.97 Å². The Morgan fingerprint density at radius 1 is 1.35 bits per heavy atom. The van der Waals surface area contributed by atoms with Crippen LogP contribution in [0.3, 0.4) is 0 Å². The van der Waals surface area contributed by atoms with E-state index in [4.69, 9.17) is 4.42 Å². The number of furan rings is 1. The minimum atomic E-state index is -0.502. The summed E-state index contributed by atoms with van der Waals surface area (Å²) in [6, 6.07) is 11.0. The number of nitrogens with zero attached hydrogens (tertiary/aromatic N) is 1. The van der Waals surface area contributed by atoms with Crippen molar-refractivity contribution in [3.63, 3.8) is 0 Å². The summed E-state index contributed by atoms with van der Waals surface area (Å²) < 4.78 is 10.2. The molecule has 1 aliphatic heterocycles. The standard InChI is InChI=1S/C17H18N2O4/c1-11-9-19(10-12-7-8-15(23-12)17(21)22-2)14-6-4-3-5-13(14)18-16(11)20/h3-8,11H,9-10H2,1-2H3,(H,18,20)/t11-/m1/s1. The molecule has 0 unspecified atom stereocenters. The molecular weight excluding hydrogens is 296 g/mol. The Hall–Kier alpha value is -2.76. The summed E-state index contributed by atoms with van der Waals surface area (Å²) in [6.07, 6.45) is 0. The van der Waals surface area contributed by atoms with Crippen LogP contribution in [-0.2, 0) is 16.1 Å². The number of rotatable bonds is 3. The maximum atomic E-state index is 12.1. The number of anilines is 2. The normalized spacial score (nSPS) is 17.2. The number of methoxy groups -OCH3 is 1. The van der Waals surface area contributed by atoms with Gasteiger partial charge in [0.05, 0.1) is 30.9 Å². The molecule has 1 aromatic heterocycles. The summed E-state index contributed by atoms with van der Waals surface area (Å²) in [5.74, 6) is 0.152. The monoisotopic (exact) mass is 314 g/mol. The average molecular weight is 314 g/mol. The Balaban J connectivity index is 1.87. The fourth-order valence-electron chi connectivity index (χ4n) is 2.63. The van der Waals surface area contributed by atoms with Crippen LogP contribution in [0.25, 0.3) is 0 Å². The number of carbonyl (C=O) groups is 2. The highest BCUT2D eigenvalue weighted by molar-refractivity contribution is 5.97. The van der Waals surface area contributed by atoms with Crippen LogP contribution in [0.4, 0.5) is 11.4 Å². The fourth-order valence-corrected chi connectivity index (χ4v) is 2.63. The van der Waals surface area contributed by atoms with Crippen LogP contribution >= 0.6 is 0 Å². The van der Waals surface area contributed by atoms with Crippen molar-refractivity contribution in [1.29, 1.82) is 0 Å². The van der Waals surface area contributed by atoms with Crippen LogP contribution in [0.5, 0.6) is 0 Å². The highest BCUT2D eigenvalue weighted by Crippen LogP contribution is 2.31. The molecule has 1 aromatic carbocycles. The second-order valence-electron chi connectivity index (χ2n) is 5.55. The molecule has 6 heteroatoms. The molecule has 0 bridgehead atoms. The van der Waals surface area contributed by atoms with Crippen LogP contribution in [0.15, 0.2) is 40.8 Å². The number of nitrogens with one attached hydrogen (secondary N) is 1. The van der Waals surface area contributed by atoms with E-state index in [0.29, 0.717) is 18.8 Å². The van der Waals surface area contributed by atoms with Gasteiger partial charge in [0.2, 0.25) is 11.7 Å². The van der Waals surface area contributed by atoms with E-state index in [-0.39, 0.29) is 17.6 Å². The van der Waals surface area contributed by atoms with E-state index in [1.807, 2.05) is 31.2 Å². The van der Waals surface area contributed by atoms with E-state index >= 15 is 0 Å². The number of hydrogen-bond acceptors (Lipinski definition) is 5. The van der Waals surface area contributed by atoms with E-state index in [2.05, 4.69) is 15.0 Å². The molecule has 0 radical (unpaired) electrons. The number of benzene rings is 1. The van der Waals surface area contributed by atoms with Gasteiger partial charge in [-0.05, 0) is 24.3 Å². The molecule has 1 aliphatic rings. The first-order valence-corrected chi connectivity index (χ1v) is 7.40. The molecule has 0 saturated heterocycles. The van der Waals surface area contributed by atoms with Crippen molar-refractivity contribution < 1.29 is 18.7 Å². The zero-order valence-electron chi connectivity index (χ0n) is 13.0. The van der Waals surface area contributed by atoms with Gasteiger partial charge in [-0.25, -0.2) is 4.79 Å². The number of ether oxygens (including phenoxy) is 1. The quantitative estimate of drug-likeness (QED) is 0.882. The number of fused-ring (bicyclic) bond motifs is 1. The maximum absolute atomic E-state index is 12.1. The zero-order chi connectivity index (χ0) is 16.4. The molecule has 1 amide bonds. The summed E-state index contributed by atoms with van der Waals surface area (Å²) in [5.41, 5.74) is 1.71. The lowest BCUT2D eigenvalue weighted by Gasteiger charge is -2.24. The third kappa shape index (κ3) is 3.06. The second kappa shape index (κ2) is 6.16. The van der Waals surface area contributed by atoms with Gasteiger partial charge in [-0.15, -0.1) is 0 Å². The molecule has 1 atom stereocenters. The van der Waals surface area contributed by atoms with Gasteiger partial charge in [0.25, 0.3) is 0 Å². The Labute approximate surface area is 134 Å². The molecule has 0 saturated carbocycles. The number of amides is 1. The van der Waals surface area contributed by atoms with Crippen molar-refractivity contribution in [3.8, 4) is 0 Å². The average Bonchev–Trinajstić information content (AvgIpc) is 2.98. The summed E-state index contributed by atoms with van der Waals surface area (Å²) in [5, 5.41) is 2.94. The van der Waals surface area contributed by atoms with E-state index < -0.39 is 5.97 Å². The molecule has 0 fully saturated rings. The smallest absolute Gasteiger partial charge is 0.373 e. The summed E-state index contributed by atoms with van der Waals surface area (Å²) in [6.45, 7) is 2.92. The number of para-hydroxylation sites is 2. The molecule has 0 aliphatic carbocycles. The molecule has 23 heavy (non-hydrogen) atoms. The summed E-state index contributed by atoms with van der Waals surface area (Å²) in [4.78, 5) is 25.6. The first-order chi connectivity index (χ1) is 11.1. The Bertz CT molecular complexity index is 738. The third-order valence-electron chi connectivity index (χ3n) is 3.84. The van der Waals surface area contributed by atoms with Gasteiger partial charge in [0.15, 0.2) is 0 Å². The van der Waals surface area contributed by atoms with E-state index in [0.717, 1.165) is 11.4 Å². The fraction of sp³-hybridized carbons (Fsp3) is 0.294. The molecule has 6 nitrogen and oxygen atoms in total. The maximum Gasteiger partial charge on any atom is 0.373 e. The van der Waals surface area contributed by atoms with Gasteiger partial charge in [-0.1, -0.05) is 19.1 Å². The van der Waals surface area contributed by atoms with Crippen LogP contribution in [0.1, 0.15) is 23.2 Å². The minimum Gasteiger partial charge on any atom is -0.463 e. The topological polar surface area (TPSA) is 71.8 Å².